The van der Waals surface area contributed by atoms with E-state index in [-0.39, 0.29) is 23.8 Å². The zero-order chi connectivity index (χ0) is 19.5. The Balaban J connectivity index is 1.61. The van der Waals surface area contributed by atoms with Gasteiger partial charge in [0, 0.05) is 19.6 Å². The predicted octanol–water partition coefficient (Wildman–Crippen LogP) is 1.90. The van der Waals surface area contributed by atoms with E-state index in [1.54, 1.807) is 24.3 Å². The van der Waals surface area contributed by atoms with Gasteiger partial charge in [0.1, 0.15) is 0 Å². The first-order chi connectivity index (χ1) is 12.8. The molecule has 0 radical (unpaired) electrons. The number of nitrogens with one attached hydrogen (secondary N) is 2. The summed E-state index contributed by atoms with van der Waals surface area (Å²) in [5.74, 6) is -0.289. The Hall–Kier alpha value is -1.44. The summed E-state index contributed by atoms with van der Waals surface area (Å²) in [5, 5.41) is 6.44. The van der Waals surface area contributed by atoms with Crippen LogP contribution in [0.5, 0.6) is 0 Å². The van der Waals surface area contributed by atoms with Gasteiger partial charge in [0.15, 0.2) is 0 Å². The lowest BCUT2D eigenvalue weighted by Gasteiger charge is -2.35. The number of hydrogen-bond donors (Lipinski definition) is 2. The minimum atomic E-state index is -3.55. The Morgan fingerprint density at radius 2 is 1.93 bits per heavy atom. The Morgan fingerprint density at radius 1 is 1.26 bits per heavy atom. The molecule has 2 fully saturated rings. The summed E-state index contributed by atoms with van der Waals surface area (Å²) in [7, 11) is -3.55. The van der Waals surface area contributed by atoms with E-state index in [4.69, 9.17) is 0 Å². The van der Waals surface area contributed by atoms with Crippen LogP contribution in [-0.2, 0) is 14.8 Å². The molecule has 6 nitrogen and oxygen atoms in total. The minimum Gasteiger partial charge on any atom is -0.355 e. The lowest BCUT2D eigenvalue weighted by molar-refractivity contribution is -0.126. The van der Waals surface area contributed by atoms with Gasteiger partial charge >= 0.3 is 0 Å². The van der Waals surface area contributed by atoms with Crippen LogP contribution in [0.25, 0.3) is 0 Å². The Labute approximate surface area is 162 Å². The van der Waals surface area contributed by atoms with Crippen molar-refractivity contribution < 1.29 is 13.2 Å². The van der Waals surface area contributed by atoms with Gasteiger partial charge < -0.3 is 10.6 Å². The third-order valence-electron chi connectivity index (χ3n) is 5.91. The number of nitrogens with zero attached hydrogens (tertiary/aromatic N) is 1. The lowest BCUT2D eigenvalue weighted by atomic mass is 9.81. The SMILES string of the molecule is Cc1ccc(S(=O)(=O)N2CCCC(C(=O)NCC3(C)CCNCC3)C2)cc1. The number of amides is 1. The molecule has 2 aliphatic heterocycles. The second kappa shape index (κ2) is 8.29. The molecule has 1 atom stereocenters. The first-order valence-corrected chi connectivity index (χ1v) is 11.3. The quantitative estimate of drug-likeness (QED) is 0.801. The van der Waals surface area contributed by atoms with Crippen LogP contribution < -0.4 is 10.6 Å². The maximum atomic E-state index is 12.9. The number of rotatable bonds is 5. The van der Waals surface area contributed by atoms with E-state index in [0.29, 0.717) is 24.4 Å². The first kappa shape index (κ1) is 20.3. The van der Waals surface area contributed by atoms with Crippen molar-refractivity contribution in [2.75, 3.05) is 32.7 Å². The predicted molar refractivity (Wildman–Crippen MR) is 106 cm³/mol. The molecule has 27 heavy (non-hydrogen) atoms. The fourth-order valence-electron chi connectivity index (χ4n) is 3.89. The number of carbonyl (C=O) groups is 1. The maximum absolute atomic E-state index is 12.9. The van der Waals surface area contributed by atoms with Gasteiger partial charge in [-0.05, 0) is 63.2 Å². The first-order valence-electron chi connectivity index (χ1n) is 9.85. The van der Waals surface area contributed by atoms with Gasteiger partial charge in [0.2, 0.25) is 15.9 Å². The highest BCUT2D eigenvalue weighted by Crippen LogP contribution is 2.28. The smallest absolute Gasteiger partial charge is 0.243 e. The van der Waals surface area contributed by atoms with Gasteiger partial charge in [-0.15, -0.1) is 0 Å². The zero-order valence-corrected chi connectivity index (χ0v) is 17.1. The Bertz CT molecular complexity index is 755. The van der Waals surface area contributed by atoms with Crippen molar-refractivity contribution in [3.8, 4) is 0 Å². The molecule has 0 aromatic heterocycles. The van der Waals surface area contributed by atoms with E-state index in [1.165, 1.54) is 4.31 Å². The zero-order valence-electron chi connectivity index (χ0n) is 16.3. The number of aryl methyl sites for hydroxylation is 1. The molecule has 0 aliphatic carbocycles. The van der Waals surface area contributed by atoms with E-state index in [0.717, 1.165) is 37.9 Å². The molecule has 1 aromatic carbocycles. The van der Waals surface area contributed by atoms with Crippen molar-refractivity contribution in [2.24, 2.45) is 11.3 Å². The molecule has 2 N–H and O–H groups in total. The molecule has 0 bridgehead atoms. The third-order valence-corrected chi connectivity index (χ3v) is 7.79. The maximum Gasteiger partial charge on any atom is 0.243 e. The summed E-state index contributed by atoms with van der Waals surface area (Å²) in [6.45, 7) is 7.51. The third kappa shape index (κ3) is 4.89. The van der Waals surface area contributed by atoms with Crippen LogP contribution in [0.3, 0.4) is 0 Å². The number of sulfonamides is 1. The van der Waals surface area contributed by atoms with Crippen molar-refractivity contribution in [2.45, 2.75) is 44.4 Å². The van der Waals surface area contributed by atoms with Crippen molar-refractivity contribution in [3.05, 3.63) is 29.8 Å². The molecule has 2 aliphatic rings. The van der Waals surface area contributed by atoms with Crippen LogP contribution in [0.4, 0.5) is 0 Å². The van der Waals surface area contributed by atoms with Crippen LogP contribution in [0.15, 0.2) is 29.2 Å². The Kier molecular flexibility index (Phi) is 6.23. The molecular weight excluding hydrogens is 362 g/mol. The highest BCUT2D eigenvalue weighted by atomic mass is 32.2. The van der Waals surface area contributed by atoms with Crippen LogP contribution >= 0.6 is 0 Å². The molecule has 1 amide bonds. The van der Waals surface area contributed by atoms with E-state index in [9.17, 15) is 13.2 Å². The highest BCUT2D eigenvalue weighted by Gasteiger charge is 2.34. The lowest BCUT2D eigenvalue weighted by Crippen LogP contribution is -2.48. The van der Waals surface area contributed by atoms with E-state index in [2.05, 4.69) is 17.6 Å². The molecular formula is C20H31N3O3S. The summed E-state index contributed by atoms with van der Waals surface area (Å²) in [6, 6.07) is 6.90. The standard InChI is InChI=1S/C20H31N3O3S/c1-16-5-7-18(8-6-16)27(25,26)23-13-3-4-17(14-23)19(24)22-15-20(2)9-11-21-12-10-20/h5-8,17,21H,3-4,9-15H2,1-2H3,(H,22,24). The minimum absolute atomic E-state index is 0.0152. The van der Waals surface area contributed by atoms with Gasteiger partial charge in [-0.1, -0.05) is 24.6 Å². The fraction of sp³-hybridized carbons (Fsp3) is 0.650. The molecule has 150 valence electrons. The van der Waals surface area contributed by atoms with Gasteiger partial charge in [-0.3, -0.25) is 4.79 Å². The van der Waals surface area contributed by atoms with Crippen LogP contribution in [0, 0.1) is 18.3 Å². The van der Waals surface area contributed by atoms with E-state index >= 15 is 0 Å². The van der Waals surface area contributed by atoms with Gasteiger partial charge in [-0.2, -0.15) is 4.31 Å². The summed E-state index contributed by atoms with van der Waals surface area (Å²) in [6.07, 6.45) is 3.55. The number of carbonyl (C=O) groups excluding carboxylic acids is 1. The van der Waals surface area contributed by atoms with Crippen LogP contribution in [-0.4, -0.2) is 51.4 Å². The second-order valence-electron chi connectivity index (χ2n) is 8.29. The number of benzene rings is 1. The van der Waals surface area contributed by atoms with Gasteiger partial charge in [-0.25, -0.2) is 8.42 Å². The summed E-state index contributed by atoms with van der Waals surface area (Å²) in [5.41, 5.74) is 1.15. The molecule has 7 heteroatoms. The number of piperidine rings is 2. The molecule has 1 unspecified atom stereocenters. The van der Waals surface area contributed by atoms with Crippen molar-refractivity contribution in [1.82, 2.24) is 14.9 Å². The average Bonchev–Trinajstić information content (AvgIpc) is 2.67. The second-order valence-corrected chi connectivity index (χ2v) is 10.2. The van der Waals surface area contributed by atoms with Crippen molar-refractivity contribution in [1.29, 1.82) is 0 Å². The monoisotopic (exact) mass is 393 g/mol. The van der Waals surface area contributed by atoms with Crippen molar-refractivity contribution in [3.63, 3.8) is 0 Å². The molecule has 0 saturated carbocycles. The van der Waals surface area contributed by atoms with Crippen LogP contribution in [0.2, 0.25) is 0 Å². The summed E-state index contributed by atoms with van der Waals surface area (Å²) in [4.78, 5) is 13.0. The Morgan fingerprint density at radius 3 is 2.59 bits per heavy atom. The van der Waals surface area contributed by atoms with E-state index in [1.807, 2.05) is 6.92 Å². The molecule has 0 spiro atoms. The van der Waals surface area contributed by atoms with E-state index < -0.39 is 10.0 Å². The molecule has 3 rings (SSSR count). The largest absolute Gasteiger partial charge is 0.355 e. The van der Waals surface area contributed by atoms with Crippen LogP contribution in [0.1, 0.15) is 38.2 Å². The molecule has 2 saturated heterocycles. The highest BCUT2D eigenvalue weighted by molar-refractivity contribution is 7.89. The summed E-state index contributed by atoms with van der Waals surface area (Å²) < 4.78 is 27.3. The number of hydrogen-bond acceptors (Lipinski definition) is 4. The average molecular weight is 394 g/mol. The van der Waals surface area contributed by atoms with Gasteiger partial charge in [0.25, 0.3) is 0 Å². The fourth-order valence-corrected chi connectivity index (χ4v) is 5.41. The molecule has 2 heterocycles. The van der Waals surface area contributed by atoms with Crippen molar-refractivity contribution >= 4 is 15.9 Å². The molecule has 1 aromatic rings. The topological polar surface area (TPSA) is 78.5 Å². The van der Waals surface area contributed by atoms with Gasteiger partial charge in [0.05, 0.1) is 10.8 Å². The normalized spacial score (nSPS) is 23.7. The summed E-state index contributed by atoms with van der Waals surface area (Å²) >= 11 is 0.